The molecule has 6 nitrogen and oxygen atoms in total. The average Bonchev–Trinajstić information content (AvgIpc) is 2.57. The Balaban J connectivity index is 2.29. The maximum atomic E-state index is 10.8. The molecule has 0 saturated carbocycles. The minimum absolute atomic E-state index is 0.367. The maximum absolute atomic E-state index is 10.8. The fraction of sp³-hybridized carbons (Fsp3) is 0.286. The second kappa shape index (κ2) is 4.91. The van der Waals surface area contributed by atoms with Gasteiger partial charge in [0, 0.05) is 12.3 Å². The second-order valence-corrected chi connectivity index (χ2v) is 2.06. The van der Waals surface area contributed by atoms with Crippen LogP contribution in [0.1, 0.15) is 6.92 Å². The molecule has 0 radical (unpaired) electrons. The van der Waals surface area contributed by atoms with Crippen molar-refractivity contribution in [3.05, 3.63) is 18.6 Å². The zero-order chi connectivity index (χ0) is 9.52. The van der Waals surface area contributed by atoms with Gasteiger partial charge in [0.1, 0.15) is 6.33 Å². The Morgan fingerprint density at radius 3 is 3.31 bits per heavy atom. The van der Waals surface area contributed by atoms with Crippen LogP contribution in [0.15, 0.2) is 18.6 Å². The summed E-state index contributed by atoms with van der Waals surface area (Å²) < 4.78 is 4.65. The number of aromatic nitrogens is 3. The van der Waals surface area contributed by atoms with E-state index in [0.29, 0.717) is 12.6 Å². The fourth-order valence-electron chi connectivity index (χ4n) is 0.654. The van der Waals surface area contributed by atoms with Gasteiger partial charge in [-0.15, -0.1) is 0 Å². The Bertz CT molecular complexity index is 281. The molecule has 0 aliphatic carbocycles. The number of carbonyl (C=O) groups is 1. The molecule has 70 valence electrons. The van der Waals surface area contributed by atoms with Crippen LogP contribution in [0, 0.1) is 0 Å². The third-order valence-corrected chi connectivity index (χ3v) is 1.14. The van der Waals surface area contributed by atoms with Crippen LogP contribution in [-0.2, 0) is 9.53 Å². The topological polar surface area (TPSA) is 79.9 Å². The molecule has 6 heteroatoms. The summed E-state index contributed by atoms with van der Waals surface area (Å²) >= 11 is 0. The van der Waals surface area contributed by atoms with Gasteiger partial charge in [0.15, 0.2) is 0 Å². The van der Waals surface area contributed by atoms with Gasteiger partial charge in [-0.1, -0.05) is 0 Å². The van der Waals surface area contributed by atoms with Crippen molar-refractivity contribution in [2.75, 3.05) is 11.9 Å². The van der Waals surface area contributed by atoms with E-state index < -0.39 is 5.97 Å². The molecule has 0 saturated heterocycles. The highest BCUT2D eigenvalue weighted by atomic mass is 16.5. The second-order valence-electron chi connectivity index (χ2n) is 2.06. The highest BCUT2D eigenvalue weighted by Gasteiger charge is 1.93. The lowest BCUT2D eigenvalue weighted by Crippen LogP contribution is -2.00. The van der Waals surface area contributed by atoms with Crippen molar-refractivity contribution < 1.29 is 9.53 Å². The lowest BCUT2D eigenvalue weighted by Gasteiger charge is -1.94. The molecule has 0 spiro atoms. The van der Waals surface area contributed by atoms with E-state index >= 15 is 0 Å². The van der Waals surface area contributed by atoms with Gasteiger partial charge in [-0.3, -0.25) is 0 Å². The smallest absolute Gasteiger partial charge is 0.332 e. The first-order valence-corrected chi connectivity index (χ1v) is 3.78. The molecule has 0 amide bonds. The van der Waals surface area contributed by atoms with Gasteiger partial charge in [0.05, 0.1) is 6.61 Å². The molecule has 0 atom stereocenters. The summed E-state index contributed by atoms with van der Waals surface area (Å²) in [7, 11) is 0. The lowest BCUT2D eigenvalue weighted by atomic mass is 10.6. The van der Waals surface area contributed by atoms with Gasteiger partial charge in [0.25, 0.3) is 0 Å². The van der Waals surface area contributed by atoms with E-state index in [1.165, 1.54) is 18.6 Å². The van der Waals surface area contributed by atoms with Gasteiger partial charge >= 0.3 is 5.97 Å². The largest absolute Gasteiger partial charge is 0.463 e. The zero-order valence-corrected chi connectivity index (χ0v) is 7.15. The number of anilines is 1. The highest BCUT2D eigenvalue weighted by Crippen LogP contribution is 1.91. The molecule has 0 aliphatic heterocycles. The number of hydrogen-bond donors (Lipinski definition) is 2. The predicted octanol–water partition coefficient (Wildman–Crippen LogP) is 0.293. The molecule has 0 aromatic carbocycles. The number of esters is 1. The van der Waals surface area contributed by atoms with Crippen LogP contribution in [0.25, 0.3) is 0 Å². The van der Waals surface area contributed by atoms with Gasteiger partial charge in [-0.25, -0.2) is 9.89 Å². The Morgan fingerprint density at radius 2 is 2.69 bits per heavy atom. The third-order valence-electron chi connectivity index (χ3n) is 1.14. The maximum Gasteiger partial charge on any atom is 0.332 e. The molecule has 13 heavy (non-hydrogen) atoms. The summed E-state index contributed by atoms with van der Waals surface area (Å²) in [5, 5.41) is 8.88. The summed E-state index contributed by atoms with van der Waals surface area (Å²) in [5.74, 6) is 0.0788. The number of hydrogen-bond acceptors (Lipinski definition) is 5. The minimum atomic E-state index is -0.394. The van der Waals surface area contributed by atoms with Crippen LogP contribution in [0.5, 0.6) is 0 Å². The van der Waals surface area contributed by atoms with Crippen molar-refractivity contribution in [3.63, 3.8) is 0 Å². The van der Waals surface area contributed by atoms with Crippen LogP contribution in [0.3, 0.4) is 0 Å². The molecule has 1 heterocycles. The van der Waals surface area contributed by atoms with Crippen molar-refractivity contribution >= 4 is 11.9 Å². The normalized spacial score (nSPS) is 10.2. The molecule has 0 bridgehead atoms. The summed E-state index contributed by atoms with van der Waals surface area (Å²) in [6.07, 6.45) is 4.06. The molecule has 2 N–H and O–H groups in total. The first-order valence-electron chi connectivity index (χ1n) is 3.78. The van der Waals surface area contributed by atoms with Crippen LogP contribution >= 0.6 is 0 Å². The Kier molecular flexibility index (Phi) is 3.49. The monoisotopic (exact) mass is 182 g/mol. The number of H-pyrrole nitrogens is 1. The van der Waals surface area contributed by atoms with Crippen molar-refractivity contribution in [2.24, 2.45) is 0 Å². The summed E-state index contributed by atoms with van der Waals surface area (Å²) in [4.78, 5) is 14.6. The lowest BCUT2D eigenvalue weighted by molar-refractivity contribution is -0.137. The van der Waals surface area contributed by atoms with Gasteiger partial charge < -0.3 is 10.1 Å². The van der Waals surface area contributed by atoms with E-state index in [-0.39, 0.29) is 0 Å². The Hall–Kier alpha value is -1.85. The zero-order valence-electron chi connectivity index (χ0n) is 7.15. The molecule has 0 aliphatic rings. The van der Waals surface area contributed by atoms with Gasteiger partial charge in [-0.05, 0) is 6.92 Å². The van der Waals surface area contributed by atoms with Gasteiger partial charge in [-0.2, -0.15) is 10.1 Å². The van der Waals surface area contributed by atoms with E-state index in [1.807, 2.05) is 0 Å². The predicted molar refractivity (Wildman–Crippen MR) is 45.8 cm³/mol. The third kappa shape index (κ3) is 3.37. The average molecular weight is 182 g/mol. The molecule has 1 aromatic rings. The van der Waals surface area contributed by atoms with Crippen molar-refractivity contribution in [1.82, 2.24) is 15.2 Å². The van der Waals surface area contributed by atoms with Crippen LogP contribution in [0.2, 0.25) is 0 Å². The van der Waals surface area contributed by atoms with E-state index in [9.17, 15) is 4.79 Å². The Labute approximate surface area is 75.0 Å². The first-order chi connectivity index (χ1) is 6.33. The number of rotatable bonds is 4. The SMILES string of the molecule is CCOC(=O)/C=C/Nc1ncn[nH]1. The highest BCUT2D eigenvalue weighted by molar-refractivity contribution is 5.82. The fourth-order valence-corrected chi connectivity index (χ4v) is 0.654. The van der Waals surface area contributed by atoms with Gasteiger partial charge in [0.2, 0.25) is 5.95 Å². The van der Waals surface area contributed by atoms with Crippen molar-refractivity contribution in [3.8, 4) is 0 Å². The van der Waals surface area contributed by atoms with Crippen LogP contribution in [-0.4, -0.2) is 27.8 Å². The van der Waals surface area contributed by atoms with Crippen LogP contribution in [0.4, 0.5) is 5.95 Å². The van der Waals surface area contributed by atoms with Crippen LogP contribution < -0.4 is 5.32 Å². The molecular formula is C7H10N4O2. The number of ether oxygens (including phenoxy) is 1. The Morgan fingerprint density at radius 1 is 1.85 bits per heavy atom. The first kappa shape index (κ1) is 9.24. The number of carbonyl (C=O) groups excluding carboxylic acids is 1. The molecule has 0 unspecified atom stereocenters. The quantitative estimate of drug-likeness (QED) is 0.517. The van der Waals surface area contributed by atoms with E-state index in [4.69, 9.17) is 0 Å². The molecule has 1 rings (SSSR count). The van der Waals surface area contributed by atoms with E-state index in [2.05, 4.69) is 25.2 Å². The summed E-state index contributed by atoms with van der Waals surface area (Å²) in [5.41, 5.74) is 0. The van der Waals surface area contributed by atoms with E-state index in [0.717, 1.165) is 0 Å². The number of nitrogens with zero attached hydrogens (tertiary/aromatic N) is 2. The van der Waals surface area contributed by atoms with Crippen molar-refractivity contribution in [2.45, 2.75) is 6.92 Å². The summed E-state index contributed by atoms with van der Waals surface area (Å²) in [6.45, 7) is 2.11. The molecular weight excluding hydrogens is 172 g/mol. The summed E-state index contributed by atoms with van der Waals surface area (Å²) in [6, 6.07) is 0. The number of nitrogens with one attached hydrogen (secondary N) is 2. The standard InChI is InChI=1S/C7H10N4O2/c1-2-13-6(12)3-4-8-7-9-5-10-11-7/h3-5H,2H2,1H3,(H2,8,9,10,11)/b4-3+. The minimum Gasteiger partial charge on any atom is -0.463 e. The number of aromatic amines is 1. The van der Waals surface area contributed by atoms with Crippen molar-refractivity contribution in [1.29, 1.82) is 0 Å². The molecule has 0 fully saturated rings. The van der Waals surface area contributed by atoms with E-state index in [1.54, 1.807) is 6.92 Å². The molecule has 1 aromatic heterocycles.